The van der Waals surface area contributed by atoms with Crippen LogP contribution in [0.3, 0.4) is 0 Å². The second-order valence-electron chi connectivity index (χ2n) is 3.88. The van der Waals surface area contributed by atoms with Crippen LogP contribution in [0.15, 0.2) is 24.3 Å². The van der Waals surface area contributed by atoms with Gasteiger partial charge < -0.3 is 10.5 Å². The highest BCUT2D eigenvalue weighted by Crippen LogP contribution is 2.28. The number of rotatable bonds is 4. The Morgan fingerprint density at radius 1 is 1.50 bits per heavy atom. The van der Waals surface area contributed by atoms with Gasteiger partial charge in [0.1, 0.15) is 0 Å². The first-order valence-corrected chi connectivity index (χ1v) is 5.54. The van der Waals surface area contributed by atoms with Crippen molar-refractivity contribution in [2.45, 2.75) is 25.8 Å². The van der Waals surface area contributed by atoms with E-state index in [1.54, 1.807) is 19.9 Å². The maximum absolute atomic E-state index is 11.4. The molecule has 1 unspecified atom stereocenters. The van der Waals surface area contributed by atoms with Crippen LogP contribution in [-0.4, -0.2) is 12.6 Å². The normalized spacial score (nSPS) is 14.2. The van der Waals surface area contributed by atoms with E-state index in [0.29, 0.717) is 11.6 Å². The number of carbonyl (C=O) groups is 1. The first-order valence-electron chi connectivity index (χ1n) is 5.17. The fourth-order valence-electron chi connectivity index (χ4n) is 1.53. The lowest BCUT2D eigenvalue weighted by Crippen LogP contribution is -2.36. The van der Waals surface area contributed by atoms with E-state index in [2.05, 4.69) is 0 Å². The van der Waals surface area contributed by atoms with Gasteiger partial charge in [-0.05, 0) is 25.5 Å². The van der Waals surface area contributed by atoms with Crippen molar-refractivity contribution in [3.05, 3.63) is 34.9 Å². The predicted octanol–water partition coefficient (Wildman–Crippen LogP) is 2.47. The Hall–Kier alpha value is -1.06. The molecule has 16 heavy (non-hydrogen) atoms. The van der Waals surface area contributed by atoms with Gasteiger partial charge in [0.25, 0.3) is 0 Å². The standard InChI is InChI=1S/C12H16ClNO2/c1-3-16-11(15)8-12(2,14)9-6-4-5-7-10(9)13/h4-7H,3,8,14H2,1-2H3. The third-order valence-corrected chi connectivity index (χ3v) is 2.64. The summed E-state index contributed by atoms with van der Waals surface area (Å²) in [6.07, 6.45) is 0.116. The summed E-state index contributed by atoms with van der Waals surface area (Å²) >= 11 is 6.04. The molecule has 0 bridgehead atoms. The highest BCUT2D eigenvalue weighted by atomic mass is 35.5. The summed E-state index contributed by atoms with van der Waals surface area (Å²) in [5, 5.41) is 0.566. The first-order chi connectivity index (χ1) is 7.47. The molecule has 0 saturated heterocycles. The van der Waals surface area contributed by atoms with Crippen molar-refractivity contribution < 1.29 is 9.53 Å². The molecule has 1 atom stereocenters. The van der Waals surface area contributed by atoms with Crippen molar-refractivity contribution in [2.24, 2.45) is 5.73 Å². The van der Waals surface area contributed by atoms with Gasteiger partial charge in [-0.15, -0.1) is 0 Å². The molecule has 1 aromatic rings. The first kappa shape index (κ1) is 13.0. The van der Waals surface area contributed by atoms with E-state index in [-0.39, 0.29) is 12.4 Å². The van der Waals surface area contributed by atoms with Gasteiger partial charge in [0.2, 0.25) is 0 Å². The average Bonchev–Trinajstić information content (AvgIpc) is 2.17. The molecule has 0 aliphatic rings. The van der Waals surface area contributed by atoms with E-state index < -0.39 is 5.54 Å². The highest BCUT2D eigenvalue weighted by molar-refractivity contribution is 6.31. The average molecular weight is 242 g/mol. The minimum Gasteiger partial charge on any atom is -0.466 e. The zero-order valence-electron chi connectivity index (χ0n) is 9.50. The number of ether oxygens (including phenoxy) is 1. The Labute approximate surface area is 101 Å². The second-order valence-corrected chi connectivity index (χ2v) is 4.29. The van der Waals surface area contributed by atoms with Crippen LogP contribution in [0.2, 0.25) is 5.02 Å². The number of hydrogen-bond donors (Lipinski definition) is 1. The Bertz CT molecular complexity index is 377. The Balaban J connectivity index is 2.85. The number of carbonyl (C=O) groups excluding carboxylic acids is 1. The van der Waals surface area contributed by atoms with Crippen molar-refractivity contribution in [3.8, 4) is 0 Å². The fraction of sp³-hybridized carbons (Fsp3) is 0.417. The molecule has 3 nitrogen and oxygen atoms in total. The molecule has 1 aromatic carbocycles. The SMILES string of the molecule is CCOC(=O)CC(C)(N)c1ccccc1Cl. The lowest BCUT2D eigenvalue weighted by molar-refractivity contribution is -0.144. The van der Waals surface area contributed by atoms with Gasteiger partial charge in [0.05, 0.1) is 18.6 Å². The molecule has 0 aliphatic heterocycles. The summed E-state index contributed by atoms with van der Waals surface area (Å²) in [6, 6.07) is 7.25. The van der Waals surface area contributed by atoms with Gasteiger partial charge >= 0.3 is 5.97 Å². The van der Waals surface area contributed by atoms with Crippen LogP contribution in [-0.2, 0) is 15.1 Å². The van der Waals surface area contributed by atoms with Crippen LogP contribution in [0.5, 0.6) is 0 Å². The molecule has 0 saturated carbocycles. The zero-order valence-corrected chi connectivity index (χ0v) is 10.3. The van der Waals surface area contributed by atoms with Crippen LogP contribution >= 0.6 is 11.6 Å². The summed E-state index contributed by atoms with van der Waals surface area (Å²) in [5.41, 5.74) is 6.04. The maximum Gasteiger partial charge on any atom is 0.307 e. The largest absolute Gasteiger partial charge is 0.466 e. The molecule has 4 heteroatoms. The molecule has 88 valence electrons. The van der Waals surface area contributed by atoms with Crippen molar-refractivity contribution in [2.75, 3.05) is 6.61 Å². The molecule has 0 radical (unpaired) electrons. The van der Waals surface area contributed by atoms with E-state index in [4.69, 9.17) is 22.1 Å². The summed E-state index contributed by atoms with van der Waals surface area (Å²) in [5.74, 6) is -0.313. The minimum absolute atomic E-state index is 0.116. The van der Waals surface area contributed by atoms with Crippen LogP contribution in [0.1, 0.15) is 25.8 Å². The number of nitrogens with two attached hydrogens (primary N) is 1. The van der Waals surface area contributed by atoms with Crippen molar-refractivity contribution in [3.63, 3.8) is 0 Å². The Morgan fingerprint density at radius 3 is 2.69 bits per heavy atom. The van der Waals surface area contributed by atoms with Crippen molar-refractivity contribution >= 4 is 17.6 Å². The molecule has 0 aliphatic carbocycles. The van der Waals surface area contributed by atoms with Gasteiger partial charge in [0.15, 0.2) is 0 Å². The van der Waals surface area contributed by atoms with Crippen molar-refractivity contribution in [1.82, 2.24) is 0 Å². The molecule has 0 amide bonds. The molecule has 2 N–H and O–H groups in total. The van der Waals surface area contributed by atoms with Gasteiger partial charge in [-0.25, -0.2) is 0 Å². The summed E-state index contributed by atoms with van der Waals surface area (Å²) in [6.45, 7) is 3.89. The number of esters is 1. The summed E-state index contributed by atoms with van der Waals surface area (Å²) in [4.78, 5) is 11.4. The molecule has 0 fully saturated rings. The van der Waals surface area contributed by atoms with Crippen molar-refractivity contribution in [1.29, 1.82) is 0 Å². The molecule has 0 spiro atoms. The van der Waals surface area contributed by atoms with Gasteiger partial charge in [-0.3, -0.25) is 4.79 Å². The third kappa shape index (κ3) is 3.22. The molecule has 1 rings (SSSR count). The topological polar surface area (TPSA) is 52.3 Å². The maximum atomic E-state index is 11.4. The molecule has 0 heterocycles. The van der Waals surface area contributed by atoms with Gasteiger partial charge in [0, 0.05) is 5.02 Å². The number of halogens is 1. The molecular weight excluding hydrogens is 226 g/mol. The Morgan fingerprint density at radius 2 is 2.12 bits per heavy atom. The quantitative estimate of drug-likeness (QED) is 0.824. The highest BCUT2D eigenvalue weighted by Gasteiger charge is 2.27. The zero-order chi connectivity index (χ0) is 12.2. The van der Waals surface area contributed by atoms with E-state index in [9.17, 15) is 4.79 Å². The lowest BCUT2D eigenvalue weighted by atomic mass is 9.90. The van der Waals surface area contributed by atoms with Crippen LogP contribution in [0, 0.1) is 0 Å². The van der Waals surface area contributed by atoms with Crippen LogP contribution in [0.25, 0.3) is 0 Å². The van der Waals surface area contributed by atoms with Crippen LogP contribution < -0.4 is 5.73 Å². The van der Waals surface area contributed by atoms with Gasteiger partial charge in [-0.2, -0.15) is 0 Å². The molecular formula is C12H16ClNO2. The fourth-order valence-corrected chi connectivity index (χ4v) is 1.88. The summed E-state index contributed by atoms with van der Waals surface area (Å²) < 4.78 is 4.88. The third-order valence-electron chi connectivity index (χ3n) is 2.31. The lowest BCUT2D eigenvalue weighted by Gasteiger charge is -2.25. The minimum atomic E-state index is -0.801. The predicted molar refractivity (Wildman–Crippen MR) is 64.2 cm³/mol. The van der Waals surface area contributed by atoms with Crippen LogP contribution in [0.4, 0.5) is 0 Å². The van der Waals surface area contributed by atoms with E-state index in [1.165, 1.54) is 0 Å². The van der Waals surface area contributed by atoms with E-state index >= 15 is 0 Å². The number of benzene rings is 1. The van der Waals surface area contributed by atoms with Gasteiger partial charge in [-0.1, -0.05) is 29.8 Å². The second kappa shape index (κ2) is 5.32. The Kier molecular flexibility index (Phi) is 4.33. The number of hydrogen-bond acceptors (Lipinski definition) is 3. The smallest absolute Gasteiger partial charge is 0.307 e. The van der Waals surface area contributed by atoms with E-state index in [0.717, 1.165) is 5.56 Å². The van der Waals surface area contributed by atoms with E-state index in [1.807, 2.05) is 18.2 Å². The molecule has 0 aromatic heterocycles. The monoisotopic (exact) mass is 241 g/mol. The summed E-state index contributed by atoms with van der Waals surface area (Å²) in [7, 11) is 0.